The number of sulfonamides is 1. The lowest BCUT2D eigenvalue weighted by Crippen LogP contribution is -2.39. The number of rotatable bonds is 7. The van der Waals surface area contributed by atoms with Crippen LogP contribution in [0.1, 0.15) is 45.6 Å². The second-order valence-electron chi connectivity index (χ2n) is 5.34. The molecule has 0 bridgehead atoms. The van der Waals surface area contributed by atoms with Crippen LogP contribution < -0.4 is 5.73 Å². The van der Waals surface area contributed by atoms with E-state index in [9.17, 15) is 8.42 Å². The van der Waals surface area contributed by atoms with Gasteiger partial charge in [0, 0.05) is 22.7 Å². The quantitative estimate of drug-likeness (QED) is 0.733. The molecule has 6 heteroatoms. The predicted molar refractivity (Wildman–Crippen MR) is 91.8 cm³/mol. The lowest BCUT2D eigenvalue weighted by atomic mass is 10.2. The Morgan fingerprint density at radius 3 is 2.48 bits per heavy atom. The first-order valence-corrected chi connectivity index (χ1v) is 9.56. The molecule has 0 heterocycles. The molecule has 0 radical (unpaired) electrons. The summed E-state index contributed by atoms with van der Waals surface area (Å²) in [6.45, 7) is 8.30. The van der Waals surface area contributed by atoms with E-state index in [1.165, 1.54) is 0 Å². The molecule has 0 spiro atoms. The summed E-state index contributed by atoms with van der Waals surface area (Å²) in [5.74, 6) is 0. The van der Waals surface area contributed by atoms with E-state index >= 15 is 0 Å². The fourth-order valence-electron chi connectivity index (χ4n) is 2.16. The summed E-state index contributed by atoms with van der Waals surface area (Å²) in [6, 6.07) is 3.34. The van der Waals surface area contributed by atoms with Gasteiger partial charge in [0.2, 0.25) is 10.0 Å². The Labute approximate surface area is 136 Å². The molecule has 1 aromatic rings. The van der Waals surface area contributed by atoms with Crippen molar-refractivity contribution in [2.24, 2.45) is 0 Å². The zero-order valence-corrected chi connectivity index (χ0v) is 15.6. The molecule has 0 aliphatic rings. The number of hydrogen-bond acceptors (Lipinski definition) is 3. The minimum atomic E-state index is -3.54. The van der Waals surface area contributed by atoms with Crippen molar-refractivity contribution in [3.05, 3.63) is 22.2 Å². The predicted octanol–water partition coefficient (Wildman–Crippen LogP) is 3.93. The summed E-state index contributed by atoms with van der Waals surface area (Å²) in [5, 5.41) is 0. The van der Waals surface area contributed by atoms with Crippen LogP contribution in [-0.2, 0) is 10.0 Å². The lowest BCUT2D eigenvalue weighted by molar-refractivity contribution is 0.324. The van der Waals surface area contributed by atoms with E-state index < -0.39 is 10.0 Å². The molecule has 0 saturated carbocycles. The van der Waals surface area contributed by atoms with Crippen LogP contribution in [0.5, 0.6) is 0 Å². The van der Waals surface area contributed by atoms with Crippen LogP contribution >= 0.6 is 15.9 Å². The molecule has 4 nitrogen and oxygen atoms in total. The zero-order valence-electron chi connectivity index (χ0n) is 13.2. The molecule has 1 atom stereocenters. The van der Waals surface area contributed by atoms with Crippen molar-refractivity contribution >= 4 is 31.6 Å². The number of anilines is 1. The first kappa shape index (κ1) is 18.5. The van der Waals surface area contributed by atoms with Crippen LogP contribution in [0.25, 0.3) is 0 Å². The van der Waals surface area contributed by atoms with Crippen LogP contribution in [0, 0.1) is 6.92 Å². The largest absolute Gasteiger partial charge is 0.398 e. The van der Waals surface area contributed by atoms with Gasteiger partial charge in [0.05, 0.1) is 4.90 Å². The van der Waals surface area contributed by atoms with Crippen molar-refractivity contribution in [1.82, 2.24) is 4.31 Å². The lowest BCUT2D eigenvalue weighted by Gasteiger charge is -2.28. The Hall–Kier alpha value is -0.590. The van der Waals surface area contributed by atoms with E-state index in [0.717, 1.165) is 19.3 Å². The van der Waals surface area contributed by atoms with E-state index in [1.54, 1.807) is 23.4 Å². The third kappa shape index (κ3) is 4.20. The molecular formula is C15H25BrN2O2S. The average molecular weight is 377 g/mol. The molecule has 0 aliphatic carbocycles. The van der Waals surface area contributed by atoms with E-state index in [2.05, 4.69) is 22.9 Å². The first-order chi connectivity index (χ1) is 9.75. The van der Waals surface area contributed by atoms with Gasteiger partial charge in [-0.2, -0.15) is 4.31 Å². The highest BCUT2D eigenvalue weighted by Crippen LogP contribution is 2.30. The van der Waals surface area contributed by atoms with Gasteiger partial charge in [-0.05, 0) is 44.4 Å². The molecule has 0 aromatic heterocycles. The van der Waals surface area contributed by atoms with Gasteiger partial charge in [-0.1, -0.05) is 36.2 Å². The third-order valence-corrected chi connectivity index (χ3v) is 6.36. The van der Waals surface area contributed by atoms with Gasteiger partial charge in [-0.15, -0.1) is 0 Å². The minimum absolute atomic E-state index is 0.0267. The second kappa shape index (κ2) is 7.61. The number of halogens is 1. The number of hydrogen-bond donors (Lipinski definition) is 1. The van der Waals surface area contributed by atoms with Crippen LogP contribution in [0.15, 0.2) is 21.5 Å². The van der Waals surface area contributed by atoms with Crippen molar-refractivity contribution in [3.63, 3.8) is 0 Å². The summed E-state index contributed by atoms with van der Waals surface area (Å²) in [6.07, 6.45) is 2.60. The van der Waals surface area contributed by atoms with Crippen molar-refractivity contribution in [3.8, 4) is 0 Å². The number of nitrogen functional groups attached to an aromatic ring is 1. The van der Waals surface area contributed by atoms with Gasteiger partial charge in [0.1, 0.15) is 0 Å². The smallest absolute Gasteiger partial charge is 0.243 e. The Balaban J connectivity index is 3.35. The first-order valence-electron chi connectivity index (χ1n) is 7.33. The summed E-state index contributed by atoms with van der Waals surface area (Å²) in [4.78, 5) is 0.297. The number of nitrogens with zero attached hydrogens (tertiary/aromatic N) is 1. The highest BCUT2D eigenvalue weighted by molar-refractivity contribution is 9.10. The summed E-state index contributed by atoms with van der Waals surface area (Å²) < 4.78 is 28.3. The normalized spacial score (nSPS) is 13.6. The molecular weight excluding hydrogens is 352 g/mol. The fourth-order valence-corrected chi connectivity index (χ4v) is 4.82. The molecule has 2 N–H and O–H groups in total. The van der Waals surface area contributed by atoms with Gasteiger partial charge >= 0.3 is 0 Å². The second-order valence-corrected chi connectivity index (χ2v) is 8.12. The maximum Gasteiger partial charge on any atom is 0.243 e. The van der Waals surface area contributed by atoms with Crippen molar-refractivity contribution in [2.75, 3.05) is 12.3 Å². The van der Waals surface area contributed by atoms with Crippen LogP contribution in [0.2, 0.25) is 0 Å². The third-order valence-electron chi connectivity index (χ3n) is 3.77. The average Bonchev–Trinajstić information content (AvgIpc) is 2.42. The molecule has 0 fully saturated rings. The Morgan fingerprint density at radius 2 is 1.95 bits per heavy atom. The van der Waals surface area contributed by atoms with Gasteiger partial charge < -0.3 is 5.73 Å². The fraction of sp³-hybridized carbons (Fsp3) is 0.600. The summed E-state index contributed by atoms with van der Waals surface area (Å²) in [5.41, 5.74) is 7.02. The monoisotopic (exact) mass is 376 g/mol. The van der Waals surface area contributed by atoms with Crippen molar-refractivity contribution < 1.29 is 8.42 Å². The Kier molecular flexibility index (Phi) is 6.69. The van der Waals surface area contributed by atoms with Gasteiger partial charge in [-0.25, -0.2) is 8.42 Å². The highest BCUT2D eigenvalue weighted by atomic mass is 79.9. The van der Waals surface area contributed by atoms with E-state index in [1.807, 2.05) is 13.8 Å². The van der Waals surface area contributed by atoms with Gasteiger partial charge in [0.15, 0.2) is 0 Å². The van der Waals surface area contributed by atoms with E-state index in [4.69, 9.17) is 5.73 Å². The van der Waals surface area contributed by atoms with Crippen molar-refractivity contribution in [1.29, 1.82) is 0 Å². The number of nitrogens with two attached hydrogens (primary N) is 1. The Bertz CT molecular complexity index is 588. The molecule has 0 saturated heterocycles. The van der Waals surface area contributed by atoms with E-state index in [-0.39, 0.29) is 6.04 Å². The summed E-state index contributed by atoms with van der Waals surface area (Å²) >= 11 is 3.33. The highest BCUT2D eigenvalue weighted by Gasteiger charge is 2.29. The van der Waals surface area contributed by atoms with Gasteiger partial charge in [0.25, 0.3) is 0 Å². The van der Waals surface area contributed by atoms with E-state index in [0.29, 0.717) is 27.2 Å². The molecule has 1 aromatic carbocycles. The maximum absolute atomic E-state index is 13.0. The van der Waals surface area contributed by atoms with Crippen LogP contribution in [-0.4, -0.2) is 25.3 Å². The van der Waals surface area contributed by atoms with Crippen LogP contribution in [0.3, 0.4) is 0 Å². The van der Waals surface area contributed by atoms with Crippen molar-refractivity contribution in [2.45, 2.75) is 57.9 Å². The number of benzene rings is 1. The zero-order chi connectivity index (χ0) is 16.2. The maximum atomic E-state index is 13.0. The molecule has 21 heavy (non-hydrogen) atoms. The summed E-state index contributed by atoms with van der Waals surface area (Å²) in [7, 11) is -3.54. The molecule has 120 valence electrons. The Morgan fingerprint density at radius 1 is 1.33 bits per heavy atom. The standard InChI is InChI=1S/C15H25BrN2O2S/c1-5-7-8-18(11(3)6-2)21(19,20)15-10-13(16)9-14(17)12(15)4/h9-11H,5-8,17H2,1-4H3. The molecule has 0 amide bonds. The number of unbranched alkanes of at least 4 members (excludes halogenated alkanes) is 1. The molecule has 0 aliphatic heterocycles. The molecule has 1 rings (SSSR count). The molecule has 1 unspecified atom stereocenters. The minimum Gasteiger partial charge on any atom is -0.398 e. The van der Waals surface area contributed by atoms with Gasteiger partial charge in [-0.3, -0.25) is 0 Å². The van der Waals surface area contributed by atoms with Crippen LogP contribution in [0.4, 0.5) is 5.69 Å². The SMILES string of the molecule is CCCCN(C(C)CC)S(=O)(=O)c1cc(Br)cc(N)c1C. The topological polar surface area (TPSA) is 63.4 Å².